The predicted octanol–water partition coefficient (Wildman–Crippen LogP) is 4.66. The standard InChI is InChI=1S/C15H16F4N2/c1-10(16)14(2,3)12-7-5-4-6-11(12)13-20-8-9-21(13)15(17,18)19/h4-10H,1-3H3/t10-/m1/s1. The van der Waals surface area contributed by atoms with Crippen molar-refractivity contribution in [2.24, 2.45) is 0 Å². The highest BCUT2D eigenvalue weighted by atomic mass is 19.4. The summed E-state index contributed by atoms with van der Waals surface area (Å²) in [6.07, 6.45) is -3.83. The van der Waals surface area contributed by atoms with E-state index in [1.807, 2.05) is 0 Å². The Morgan fingerprint density at radius 1 is 1.14 bits per heavy atom. The van der Waals surface area contributed by atoms with E-state index in [2.05, 4.69) is 4.98 Å². The molecule has 1 atom stereocenters. The summed E-state index contributed by atoms with van der Waals surface area (Å²) in [5.74, 6) is -0.230. The Hall–Kier alpha value is -1.85. The first kappa shape index (κ1) is 15.5. The molecule has 21 heavy (non-hydrogen) atoms. The molecule has 0 saturated heterocycles. The van der Waals surface area contributed by atoms with Gasteiger partial charge in [0.05, 0.1) is 0 Å². The van der Waals surface area contributed by atoms with Gasteiger partial charge in [-0.2, -0.15) is 0 Å². The third-order valence-corrected chi connectivity index (χ3v) is 3.77. The van der Waals surface area contributed by atoms with Crippen LogP contribution in [0.3, 0.4) is 0 Å². The highest BCUT2D eigenvalue weighted by Crippen LogP contribution is 2.37. The van der Waals surface area contributed by atoms with E-state index in [0.29, 0.717) is 5.56 Å². The summed E-state index contributed by atoms with van der Waals surface area (Å²) in [5, 5.41) is 0. The van der Waals surface area contributed by atoms with Crippen molar-refractivity contribution in [2.75, 3.05) is 0 Å². The summed E-state index contributed by atoms with van der Waals surface area (Å²) in [5.41, 5.74) is -0.134. The van der Waals surface area contributed by atoms with Gasteiger partial charge in [-0.25, -0.2) is 13.9 Å². The van der Waals surface area contributed by atoms with Crippen LogP contribution in [-0.2, 0) is 11.7 Å². The number of rotatable bonds is 3. The zero-order valence-corrected chi connectivity index (χ0v) is 11.9. The molecule has 0 saturated carbocycles. The fourth-order valence-corrected chi connectivity index (χ4v) is 2.16. The number of hydrogen-bond acceptors (Lipinski definition) is 1. The minimum atomic E-state index is -4.57. The molecule has 0 spiro atoms. The van der Waals surface area contributed by atoms with Crippen LogP contribution in [0, 0.1) is 0 Å². The lowest BCUT2D eigenvalue weighted by Crippen LogP contribution is -2.29. The second-order valence-corrected chi connectivity index (χ2v) is 5.47. The van der Waals surface area contributed by atoms with Crippen molar-refractivity contribution in [3.05, 3.63) is 42.2 Å². The van der Waals surface area contributed by atoms with E-state index in [9.17, 15) is 17.6 Å². The molecule has 0 bridgehead atoms. The topological polar surface area (TPSA) is 17.8 Å². The second kappa shape index (κ2) is 5.16. The van der Waals surface area contributed by atoms with Gasteiger partial charge in [-0.3, -0.25) is 0 Å². The molecule has 114 valence electrons. The molecule has 0 aliphatic carbocycles. The third kappa shape index (κ3) is 2.80. The summed E-state index contributed by atoms with van der Waals surface area (Å²) in [7, 11) is 0. The lowest BCUT2D eigenvalue weighted by atomic mass is 9.78. The average molecular weight is 300 g/mol. The Labute approximate surface area is 120 Å². The molecule has 0 radical (unpaired) electrons. The molecule has 0 unspecified atom stereocenters. The molecule has 0 fully saturated rings. The SMILES string of the molecule is C[C@@H](F)C(C)(C)c1ccccc1-c1nccn1C(F)(F)F. The van der Waals surface area contributed by atoms with Gasteiger partial charge >= 0.3 is 6.30 Å². The Balaban J connectivity index is 2.65. The number of benzene rings is 1. The number of hydrogen-bond donors (Lipinski definition) is 0. The number of halogens is 4. The van der Waals surface area contributed by atoms with Gasteiger partial charge in [0.2, 0.25) is 0 Å². The summed E-state index contributed by atoms with van der Waals surface area (Å²) in [6, 6.07) is 6.47. The number of nitrogens with zero attached hydrogens (tertiary/aromatic N) is 2. The molecule has 0 amide bonds. The summed E-state index contributed by atoms with van der Waals surface area (Å²) in [6.45, 7) is 4.72. The number of alkyl halides is 4. The maximum atomic E-state index is 13.9. The van der Waals surface area contributed by atoms with Crippen LogP contribution in [0.4, 0.5) is 17.6 Å². The van der Waals surface area contributed by atoms with Gasteiger partial charge in [0.1, 0.15) is 12.0 Å². The second-order valence-electron chi connectivity index (χ2n) is 5.47. The van der Waals surface area contributed by atoms with Gasteiger partial charge in [0.25, 0.3) is 0 Å². The fourth-order valence-electron chi connectivity index (χ4n) is 2.16. The minimum Gasteiger partial charge on any atom is -0.247 e. The van der Waals surface area contributed by atoms with E-state index >= 15 is 0 Å². The molecule has 0 N–H and O–H groups in total. The van der Waals surface area contributed by atoms with Crippen molar-refractivity contribution in [3.8, 4) is 11.4 Å². The van der Waals surface area contributed by atoms with Gasteiger partial charge in [-0.05, 0) is 12.5 Å². The van der Waals surface area contributed by atoms with E-state index in [1.54, 1.807) is 32.0 Å². The highest BCUT2D eigenvalue weighted by molar-refractivity contribution is 5.63. The average Bonchev–Trinajstić information content (AvgIpc) is 2.87. The molecule has 1 aromatic heterocycles. The van der Waals surface area contributed by atoms with Crippen LogP contribution in [0.1, 0.15) is 26.3 Å². The molecular formula is C15H16F4N2. The Morgan fingerprint density at radius 2 is 1.76 bits per heavy atom. The van der Waals surface area contributed by atoms with E-state index in [4.69, 9.17) is 0 Å². The van der Waals surface area contributed by atoms with Gasteiger partial charge in [-0.15, -0.1) is 13.2 Å². The Bertz CT molecular complexity index is 627. The van der Waals surface area contributed by atoms with Gasteiger partial charge < -0.3 is 0 Å². The van der Waals surface area contributed by atoms with E-state index < -0.39 is 17.9 Å². The molecule has 0 aliphatic heterocycles. The molecule has 0 aliphatic rings. The first-order chi connectivity index (χ1) is 9.65. The predicted molar refractivity (Wildman–Crippen MR) is 72.6 cm³/mol. The number of imidazole rings is 1. The molecule has 1 aromatic carbocycles. The van der Waals surface area contributed by atoms with Crippen molar-refractivity contribution in [2.45, 2.75) is 38.7 Å². The zero-order valence-electron chi connectivity index (χ0n) is 11.9. The first-order valence-corrected chi connectivity index (χ1v) is 6.50. The number of aromatic nitrogens is 2. The van der Waals surface area contributed by atoms with Gasteiger partial charge in [0.15, 0.2) is 0 Å². The largest absolute Gasteiger partial charge is 0.490 e. The smallest absolute Gasteiger partial charge is 0.247 e. The van der Waals surface area contributed by atoms with E-state index in [0.717, 1.165) is 12.4 Å². The van der Waals surface area contributed by atoms with Crippen LogP contribution in [0.5, 0.6) is 0 Å². The normalized spacial score (nSPS) is 14.2. The molecule has 2 rings (SSSR count). The monoisotopic (exact) mass is 300 g/mol. The van der Waals surface area contributed by atoms with Crippen LogP contribution in [0.2, 0.25) is 0 Å². The minimum absolute atomic E-state index is 0.144. The Kier molecular flexibility index (Phi) is 3.82. The molecular weight excluding hydrogens is 284 g/mol. The van der Waals surface area contributed by atoms with Crippen molar-refractivity contribution >= 4 is 0 Å². The lowest BCUT2D eigenvalue weighted by molar-refractivity contribution is -0.202. The summed E-state index contributed by atoms with van der Waals surface area (Å²) >= 11 is 0. The van der Waals surface area contributed by atoms with Crippen molar-refractivity contribution < 1.29 is 17.6 Å². The summed E-state index contributed by atoms with van der Waals surface area (Å²) < 4.78 is 53.0. The fraction of sp³-hybridized carbons (Fsp3) is 0.400. The third-order valence-electron chi connectivity index (χ3n) is 3.77. The molecule has 2 nitrogen and oxygen atoms in total. The summed E-state index contributed by atoms with van der Waals surface area (Å²) in [4.78, 5) is 3.81. The van der Waals surface area contributed by atoms with E-state index in [-0.39, 0.29) is 16.0 Å². The van der Waals surface area contributed by atoms with Crippen LogP contribution < -0.4 is 0 Å². The van der Waals surface area contributed by atoms with Crippen molar-refractivity contribution in [3.63, 3.8) is 0 Å². The zero-order chi connectivity index (χ0) is 15.8. The van der Waals surface area contributed by atoms with Crippen LogP contribution in [0.15, 0.2) is 36.7 Å². The molecule has 1 heterocycles. The quantitative estimate of drug-likeness (QED) is 0.754. The Morgan fingerprint density at radius 3 is 2.33 bits per heavy atom. The van der Waals surface area contributed by atoms with Crippen molar-refractivity contribution in [1.82, 2.24) is 9.55 Å². The first-order valence-electron chi connectivity index (χ1n) is 6.50. The molecule has 6 heteroatoms. The van der Waals surface area contributed by atoms with Gasteiger partial charge in [-0.1, -0.05) is 38.1 Å². The van der Waals surface area contributed by atoms with Crippen LogP contribution >= 0.6 is 0 Å². The maximum absolute atomic E-state index is 13.9. The highest BCUT2D eigenvalue weighted by Gasteiger charge is 2.36. The maximum Gasteiger partial charge on any atom is 0.490 e. The van der Waals surface area contributed by atoms with Crippen LogP contribution in [-0.4, -0.2) is 15.7 Å². The lowest BCUT2D eigenvalue weighted by Gasteiger charge is -2.29. The van der Waals surface area contributed by atoms with Crippen LogP contribution in [0.25, 0.3) is 11.4 Å². The molecule has 2 aromatic rings. The van der Waals surface area contributed by atoms with E-state index in [1.165, 1.54) is 13.0 Å². The van der Waals surface area contributed by atoms with Crippen molar-refractivity contribution in [1.29, 1.82) is 0 Å². The van der Waals surface area contributed by atoms with Gasteiger partial charge in [0, 0.05) is 23.4 Å².